The van der Waals surface area contributed by atoms with Gasteiger partial charge in [0.05, 0.1) is 24.2 Å². The molecule has 6 heteroatoms. The summed E-state index contributed by atoms with van der Waals surface area (Å²) in [6, 6.07) is 0. The average molecular weight is 418 g/mol. The van der Waals surface area contributed by atoms with Crippen molar-refractivity contribution in [1.29, 1.82) is 0 Å². The molecule has 5 nitrogen and oxygen atoms in total. The molecule has 2 aliphatic rings. The van der Waals surface area contributed by atoms with Crippen LogP contribution in [0, 0.1) is 23.7 Å². The first-order chi connectivity index (χ1) is 13.3. The molecule has 0 fully saturated rings. The van der Waals surface area contributed by atoms with Crippen LogP contribution in [0.5, 0.6) is 0 Å². The fourth-order valence-corrected chi connectivity index (χ4v) is 4.40. The van der Waals surface area contributed by atoms with Crippen LogP contribution in [-0.2, 0) is 9.53 Å². The Hall–Kier alpha value is -0.170. The van der Waals surface area contributed by atoms with Crippen molar-refractivity contribution in [2.45, 2.75) is 90.6 Å². The first-order valence-corrected chi connectivity index (χ1v) is 10.9. The van der Waals surface area contributed by atoms with E-state index in [2.05, 4.69) is 19.1 Å². The number of aliphatic hydroxyl groups is 3. The van der Waals surface area contributed by atoms with Gasteiger partial charge in [0.25, 0.3) is 0 Å². The Morgan fingerprint density at radius 2 is 1.93 bits per heavy atom. The van der Waals surface area contributed by atoms with Gasteiger partial charge in [-0.1, -0.05) is 45.9 Å². The molecular formula is C23H38NaO5+. The zero-order valence-corrected chi connectivity index (χ0v) is 20.8. The minimum absolute atomic E-state index is 0. The molecule has 0 aromatic heterocycles. The van der Waals surface area contributed by atoms with Crippen molar-refractivity contribution in [1.82, 2.24) is 0 Å². The molecule has 2 unspecified atom stereocenters. The Balaban J connectivity index is 0.00000420. The third-order valence-corrected chi connectivity index (χ3v) is 6.50. The van der Waals surface area contributed by atoms with Gasteiger partial charge in [-0.25, -0.2) is 0 Å². The topological polar surface area (TPSA) is 87.0 Å². The number of ether oxygens (including phenoxy) is 1. The van der Waals surface area contributed by atoms with Crippen molar-refractivity contribution in [3.8, 4) is 0 Å². The first-order valence-electron chi connectivity index (χ1n) is 10.9. The maximum absolute atomic E-state index is 12.4. The van der Waals surface area contributed by atoms with E-state index in [4.69, 9.17) is 4.74 Å². The van der Waals surface area contributed by atoms with Gasteiger partial charge in [0.2, 0.25) is 0 Å². The maximum Gasteiger partial charge on any atom is 1.00 e. The molecule has 0 bridgehead atoms. The Kier molecular flexibility index (Phi) is 11.7. The molecule has 0 saturated heterocycles. The van der Waals surface area contributed by atoms with E-state index in [9.17, 15) is 20.1 Å². The van der Waals surface area contributed by atoms with Crippen LogP contribution in [0.4, 0.5) is 0 Å². The first kappa shape index (κ1) is 26.9. The number of carbonyl (C=O) groups is 1. The molecule has 8 atom stereocenters. The number of rotatable bonds is 9. The summed E-state index contributed by atoms with van der Waals surface area (Å²) in [6.07, 6.45) is 7.71. The number of carbonyl (C=O) groups excluding carboxylic acids is 1. The molecule has 0 aliphatic heterocycles. The molecule has 0 saturated carbocycles. The van der Waals surface area contributed by atoms with Crippen LogP contribution in [-0.4, -0.2) is 45.7 Å². The summed E-state index contributed by atoms with van der Waals surface area (Å²) in [6.45, 7) is 7.90. The molecule has 2 rings (SSSR count). The molecule has 2 aliphatic carbocycles. The summed E-state index contributed by atoms with van der Waals surface area (Å²) < 4.78 is 5.88. The molecule has 29 heavy (non-hydrogen) atoms. The minimum Gasteiger partial charge on any atom is -0.461 e. The van der Waals surface area contributed by atoms with Crippen molar-refractivity contribution in [2.75, 3.05) is 0 Å². The van der Waals surface area contributed by atoms with Crippen molar-refractivity contribution in [3.05, 3.63) is 23.8 Å². The van der Waals surface area contributed by atoms with E-state index in [1.54, 1.807) is 0 Å². The summed E-state index contributed by atoms with van der Waals surface area (Å²) >= 11 is 0. The Morgan fingerprint density at radius 1 is 1.24 bits per heavy atom. The summed E-state index contributed by atoms with van der Waals surface area (Å²) in [5, 5.41) is 30.3. The Morgan fingerprint density at radius 3 is 2.55 bits per heavy atom. The van der Waals surface area contributed by atoms with Crippen LogP contribution in [0.15, 0.2) is 23.8 Å². The van der Waals surface area contributed by atoms with Crippen LogP contribution in [0.2, 0.25) is 0 Å². The number of fused-ring (bicyclic) bond motifs is 1. The van der Waals surface area contributed by atoms with E-state index < -0.39 is 18.3 Å². The molecule has 0 radical (unpaired) electrons. The molecule has 0 amide bonds. The zero-order chi connectivity index (χ0) is 20.8. The van der Waals surface area contributed by atoms with Gasteiger partial charge >= 0.3 is 35.5 Å². The van der Waals surface area contributed by atoms with E-state index in [-0.39, 0.29) is 59.4 Å². The predicted octanol–water partition coefficient (Wildman–Crippen LogP) is 0.380. The van der Waals surface area contributed by atoms with Crippen LogP contribution in [0.1, 0.15) is 66.2 Å². The molecule has 3 N–H and O–H groups in total. The normalized spacial score (nSPS) is 31.7. The van der Waals surface area contributed by atoms with E-state index in [1.165, 1.54) is 0 Å². The van der Waals surface area contributed by atoms with Crippen molar-refractivity contribution in [3.63, 3.8) is 0 Å². The molecule has 0 aromatic carbocycles. The third-order valence-electron chi connectivity index (χ3n) is 6.50. The van der Waals surface area contributed by atoms with Gasteiger partial charge < -0.3 is 20.1 Å². The number of allylic oxidation sites excluding steroid dienone is 2. The van der Waals surface area contributed by atoms with Crippen molar-refractivity contribution >= 4 is 5.97 Å². The van der Waals surface area contributed by atoms with Gasteiger partial charge in [-0.2, -0.15) is 0 Å². The quantitative estimate of drug-likeness (QED) is 0.373. The number of hydrogen-bond acceptors (Lipinski definition) is 5. The van der Waals surface area contributed by atoms with Gasteiger partial charge in [-0.3, -0.25) is 4.79 Å². The van der Waals surface area contributed by atoms with Crippen LogP contribution < -0.4 is 29.6 Å². The van der Waals surface area contributed by atoms with Crippen LogP contribution >= 0.6 is 0 Å². The zero-order valence-electron chi connectivity index (χ0n) is 18.8. The number of esters is 1. The van der Waals surface area contributed by atoms with E-state index in [0.717, 1.165) is 18.4 Å². The predicted molar refractivity (Wildman–Crippen MR) is 109 cm³/mol. The third kappa shape index (κ3) is 7.48. The van der Waals surface area contributed by atoms with Crippen molar-refractivity contribution < 1.29 is 54.4 Å². The Labute approximate surface area is 197 Å². The van der Waals surface area contributed by atoms with Gasteiger partial charge in [0, 0.05) is 12.3 Å². The number of aliphatic hydroxyl groups excluding tert-OH is 3. The second-order valence-corrected chi connectivity index (χ2v) is 8.69. The van der Waals surface area contributed by atoms with E-state index in [0.29, 0.717) is 31.6 Å². The average Bonchev–Trinajstić information content (AvgIpc) is 2.66. The fraction of sp³-hybridized carbons (Fsp3) is 0.783. The molecule has 0 heterocycles. The standard InChI is InChI=1S/C23H38O5.Na/c1-5-14(3)23(27)28-21-13-19(26)11-16-8-7-15(4)20(22(16)21)10-9-18(25)12-17(24)6-2;/h7-8,11,14-15,17-22,24-26H,5-6,9-10,12-13H2,1-4H3;/q;+1/t14-,15-,17?,18+,19+,20-,21?,22-;/m0./s1. The molecule has 0 aromatic rings. The Bertz CT molecular complexity index is 576. The van der Waals surface area contributed by atoms with Gasteiger partial charge in [-0.15, -0.1) is 0 Å². The molecule has 160 valence electrons. The summed E-state index contributed by atoms with van der Waals surface area (Å²) in [7, 11) is 0. The fourth-order valence-electron chi connectivity index (χ4n) is 4.40. The monoisotopic (exact) mass is 417 g/mol. The van der Waals surface area contributed by atoms with Gasteiger partial charge in [0.15, 0.2) is 0 Å². The largest absolute Gasteiger partial charge is 1.00 e. The van der Waals surface area contributed by atoms with E-state index >= 15 is 0 Å². The van der Waals surface area contributed by atoms with Gasteiger partial charge in [0.1, 0.15) is 6.10 Å². The minimum atomic E-state index is -0.606. The van der Waals surface area contributed by atoms with E-state index in [1.807, 2.05) is 26.8 Å². The summed E-state index contributed by atoms with van der Waals surface area (Å²) in [4.78, 5) is 12.4. The summed E-state index contributed by atoms with van der Waals surface area (Å²) in [5.74, 6) is 0.212. The smallest absolute Gasteiger partial charge is 0.461 e. The molecular weight excluding hydrogens is 379 g/mol. The SMILES string of the molecule is CCC(O)C[C@H](O)CC[C@@H]1[C@@H]2C(=C[C@@H](O)CC2OC(=O)[C@@H](C)CC)C=C[C@@H]1C.[Na+]. The van der Waals surface area contributed by atoms with Crippen molar-refractivity contribution in [2.24, 2.45) is 23.7 Å². The maximum atomic E-state index is 12.4. The van der Waals surface area contributed by atoms with Crippen LogP contribution in [0.3, 0.4) is 0 Å². The summed E-state index contributed by atoms with van der Waals surface area (Å²) in [5.41, 5.74) is 1.03. The van der Waals surface area contributed by atoms with Gasteiger partial charge in [-0.05, 0) is 49.5 Å². The molecule has 0 spiro atoms. The second-order valence-electron chi connectivity index (χ2n) is 8.69. The number of hydrogen-bond donors (Lipinski definition) is 3. The second kappa shape index (κ2) is 12.6. The van der Waals surface area contributed by atoms with Crippen LogP contribution in [0.25, 0.3) is 0 Å².